The van der Waals surface area contributed by atoms with E-state index in [2.05, 4.69) is 0 Å². The standard InChI is InChI=1S/C19H28N2O4S/c1-19(2,3)25-18(23)21-9-4-6-14(21)17(22)20-10-8-16(26-13-11-20)15-7-5-12-24-15/h5,7,12,14,16H,4,6,8-11,13H2,1-3H3. The lowest BCUT2D eigenvalue weighted by atomic mass is 10.1. The highest BCUT2D eigenvalue weighted by atomic mass is 32.2. The molecule has 2 atom stereocenters. The summed E-state index contributed by atoms with van der Waals surface area (Å²) in [6.07, 6.45) is 3.73. The first-order valence-electron chi connectivity index (χ1n) is 9.28. The first kappa shape index (κ1) is 19.1. The topological polar surface area (TPSA) is 63.0 Å². The fraction of sp³-hybridized carbons (Fsp3) is 0.684. The van der Waals surface area contributed by atoms with Gasteiger partial charge in [0.05, 0.1) is 11.5 Å². The molecular formula is C19H28N2O4S. The van der Waals surface area contributed by atoms with Crippen molar-refractivity contribution in [2.75, 3.05) is 25.4 Å². The van der Waals surface area contributed by atoms with Gasteiger partial charge in [0.15, 0.2) is 0 Å². The van der Waals surface area contributed by atoms with Crippen molar-refractivity contribution in [3.05, 3.63) is 24.2 Å². The summed E-state index contributed by atoms with van der Waals surface area (Å²) in [6, 6.07) is 3.51. The van der Waals surface area contributed by atoms with Crippen molar-refractivity contribution >= 4 is 23.8 Å². The maximum atomic E-state index is 13.1. The highest BCUT2D eigenvalue weighted by Gasteiger charge is 2.39. The van der Waals surface area contributed by atoms with Gasteiger partial charge in [-0.15, -0.1) is 11.8 Å². The molecule has 2 saturated heterocycles. The maximum absolute atomic E-state index is 13.1. The second-order valence-electron chi connectivity index (χ2n) is 7.82. The Hall–Kier alpha value is -1.63. The molecule has 26 heavy (non-hydrogen) atoms. The molecule has 1 aromatic rings. The van der Waals surface area contributed by atoms with Gasteiger partial charge in [-0.2, -0.15) is 0 Å². The minimum absolute atomic E-state index is 0.0501. The summed E-state index contributed by atoms with van der Waals surface area (Å²) in [4.78, 5) is 29.0. The number of rotatable bonds is 2. The second-order valence-corrected chi connectivity index (χ2v) is 9.13. The van der Waals surface area contributed by atoms with E-state index in [9.17, 15) is 9.59 Å². The van der Waals surface area contributed by atoms with Gasteiger partial charge in [-0.25, -0.2) is 4.79 Å². The Morgan fingerprint density at radius 1 is 1.23 bits per heavy atom. The fourth-order valence-electron chi connectivity index (χ4n) is 3.47. The van der Waals surface area contributed by atoms with Crippen LogP contribution in [0, 0.1) is 0 Å². The molecule has 0 aliphatic carbocycles. The third-order valence-corrected chi connectivity index (χ3v) is 5.97. The van der Waals surface area contributed by atoms with E-state index >= 15 is 0 Å². The summed E-state index contributed by atoms with van der Waals surface area (Å²) < 4.78 is 11.0. The van der Waals surface area contributed by atoms with Crippen LogP contribution < -0.4 is 0 Å². The molecule has 0 N–H and O–H groups in total. The number of amides is 2. The smallest absolute Gasteiger partial charge is 0.410 e. The lowest BCUT2D eigenvalue weighted by Gasteiger charge is -2.31. The molecule has 144 valence electrons. The normalized spacial score (nSPS) is 24.4. The highest BCUT2D eigenvalue weighted by Crippen LogP contribution is 2.35. The Labute approximate surface area is 159 Å². The van der Waals surface area contributed by atoms with E-state index in [1.807, 2.05) is 49.6 Å². The van der Waals surface area contributed by atoms with Gasteiger partial charge in [0.1, 0.15) is 17.4 Å². The SMILES string of the molecule is CC(C)(C)OC(=O)N1CCCC1C(=O)N1CCSC(c2ccco2)CC1. The van der Waals surface area contributed by atoms with E-state index < -0.39 is 11.6 Å². The van der Waals surface area contributed by atoms with Crippen LogP contribution in [0.2, 0.25) is 0 Å². The lowest BCUT2D eigenvalue weighted by Crippen LogP contribution is -2.49. The predicted octanol–water partition coefficient (Wildman–Crippen LogP) is 3.69. The Kier molecular flexibility index (Phi) is 5.85. The van der Waals surface area contributed by atoms with Crippen molar-refractivity contribution < 1.29 is 18.7 Å². The molecule has 0 bridgehead atoms. The average molecular weight is 381 g/mol. The fourth-order valence-corrected chi connectivity index (χ4v) is 4.65. The number of carbonyl (C=O) groups excluding carboxylic acids is 2. The maximum Gasteiger partial charge on any atom is 0.410 e. The van der Waals surface area contributed by atoms with E-state index in [1.165, 1.54) is 0 Å². The molecule has 0 saturated carbocycles. The van der Waals surface area contributed by atoms with Crippen LogP contribution in [0.3, 0.4) is 0 Å². The van der Waals surface area contributed by atoms with Crippen LogP contribution in [0.5, 0.6) is 0 Å². The summed E-state index contributed by atoms with van der Waals surface area (Å²) in [6.45, 7) is 7.52. The van der Waals surface area contributed by atoms with E-state index in [0.29, 0.717) is 26.1 Å². The third-order valence-electron chi connectivity index (χ3n) is 4.68. The van der Waals surface area contributed by atoms with Gasteiger partial charge in [-0.3, -0.25) is 9.69 Å². The molecule has 6 nitrogen and oxygen atoms in total. The van der Waals surface area contributed by atoms with Crippen molar-refractivity contribution in [3.8, 4) is 0 Å². The van der Waals surface area contributed by atoms with Crippen molar-refractivity contribution in [2.24, 2.45) is 0 Å². The van der Waals surface area contributed by atoms with Gasteiger partial charge in [0.25, 0.3) is 0 Å². The molecule has 3 rings (SSSR count). The molecule has 0 aromatic carbocycles. The van der Waals surface area contributed by atoms with E-state index in [4.69, 9.17) is 9.15 Å². The number of carbonyl (C=O) groups is 2. The van der Waals surface area contributed by atoms with Crippen LogP contribution in [0.15, 0.2) is 22.8 Å². The van der Waals surface area contributed by atoms with E-state index in [-0.39, 0.29) is 17.3 Å². The summed E-state index contributed by atoms with van der Waals surface area (Å²) in [7, 11) is 0. The largest absolute Gasteiger partial charge is 0.468 e. The quantitative estimate of drug-likeness (QED) is 0.783. The molecule has 0 radical (unpaired) electrons. The van der Waals surface area contributed by atoms with Crippen LogP contribution in [-0.2, 0) is 9.53 Å². The van der Waals surface area contributed by atoms with Gasteiger partial charge in [-0.05, 0) is 52.2 Å². The summed E-state index contributed by atoms with van der Waals surface area (Å²) in [5, 5.41) is 0.285. The Morgan fingerprint density at radius 3 is 2.73 bits per heavy atom. The molecule has 3 heterocycles. The zero-order chi connectivity index (χ0) is 18.7. The highest BCUT2D eigenvalue weighted by molar-refractivity contribution is 7.99. The van der Waals surface area contributed by atoms with E-state index in [1.54, 1.807) is 11.2 Å². The summed E-state index contributed by atoms with van der Waals surface area (Å²) >= 11 is 1.83. The molecule has 2 aliphatic rings. The minimum atomic E-state index is -0.553. The number of thioether (sulfide) groups is 1. The first-order chi connectivity index (χ1) is 12.3. The van der Waals surface area contributed by atoms with Gasteiger partial charge < -0.3 is 14.1 Å². The minimum Gasteiger partial charge on any atom is -0.468 e. The van der Waals surface area contributed by atoms with Crippen LogP contribution in [0.25, 0.3) is 0 Å². The van der Waals surface area contributed by atoms with Crippen LogP contribution >= 0.6 is 11.8 Å². The third kappa shape index (κ3) is 4.55. The van der Waals surface area contributed by atoms with Crippen LogP contribution in [0.4, 0.5) is 4.79 Å². The summed E-state index contributed by atoms with van der Waals surface area (Å²) in [5.41, 5.74) is -0.553. The molecule has 2 amide bonds. The molecule has 7 heteroatoms. The van der Waals surface area contributed by atoms with E-state index in [0.717, 1.165) is 24.4 Å². The number of hydrogen-bond acceptors (Lipinski definition) is 5. The molecule has 2 unspecified atom stereocenters. The molecular weight excluding hydrogens is 352 g/mol. The van der Waals surface area contributed by atoms with Crippen molar-refractivity contribution in [3.63, 3.8) is 0 Å². The van der Waals surface area contributed by atoms with Gasteiger partial charge in [0.2, 0.25) is 5.91 Å². The number of likely N-dealkylation sites (tertiary alicyclic amines) is 1. The number of hydrogen-bond donors (Lipinski definition) is 0. The van der Waals surface area contributed by atoms with Gasteiger partial charge in [0, 0.05) is 25.4 Å². The molecule has 2 fully saturated rings. The molecule has 0 spiro atoms. The lowest BCUT2D eigenvalue weighted by molar-refractivity contribution is -0.135. The second kappa shape index (κ2) is 7.94. The van der Waals surface area contributed by atoms with Crippen LogP contribution in [0.1, 0.15) is 51.0 Å². The number of nitrogens with zero attached hydrogens (tertiary/aromatic N) is 2. The Morgan fingerprint density at radius 2 is 2.04 bits per heavy atom. The summed E-state index contributed by atoms with van der Waals surface area (Å²) in [5.74, 6) is 1.89. The average Bonchev–Trinajstić information content (AvgIpc) is 3.20. The predicted molar refractivity (Wildman–Crippen MR) is 101 cm³/mol. The first-order valence-corrected chi connectivity index (χ1v) is 10.3. The van der Waals surface area contributed by atoms with Crippen molar-refractivity contribution in [1.82, 2.24) is 9.80 Å². The van der Waals surface area contributed by atoms with Gasteiger partial charge >= 0.3 is 6.09 Å². The van der Waals surface area contributed by atoms with Crippen molar-refractivity contribution in [2.45, 2.75) is 56.9 Å². The monoisotopic (exact) mass is 380 g/mol. The Bertz CT molecular complexity index is 626. The van der Waals surface area contributed by atoms with Gasteiger partial charge in [-0.1, -0.05) is 0 Å². The number of ether oxygens (including phenoxy) is 1. The Balaban J connectivity index is 1.61. The number of furan rings is 1. The van der Waals surface area contributed by atoms with Crippen molar-refractivity contribution in [1.29, 1.82) is 0 Å². The zero-order valence-corrected chi connectivity index (χ0v) is 16.6. The molecule has 1 aromatic heterocycles. The van der Waals surface area contributed by atoms with Crippen LogP contribution in [-0.4, -0.2) is 58.8 Å². The zero-order valence-electron chi connectivity index (χ0n) is 15.8. The molecule has 2 aliphatic heterocycles.